The van der Waals surface area contributed by atoms with Crippen LogP contribution in [0.2, 0.25) is 0 Å². The highest BCUT2D eigenvalue weighted by Gasteiger charge is 2.17. The van der Waals surface area contributed by atoms with Gasteiger partial charge in [-0.25, -0.2) is 0 Å². The summed E-state index contributed by atoms with van der Waals surface area (Å²) in [5.41, 5.74) is 2.44. The summed E-state index contributed by atoms with van der Waals surface area (Å²) in [5.74, 6) is 7.17. The van der Waals surface area contributed by atoms with Crippen LogP contribution in [0.4, 0.5) is 0 Å². The maximum absolute atomic E-state index is 4.26. The van der Waals surface area contributed by atoms with Gasteiger partial charge in [0.15, 0.2) is 0 Å². The van der Waals surface area contributed by atoms with E-state index >= 15 is 0 Å². The molecule has 0 aromatic carbocycles. The van der Waals surface area contributed by atoms with Crippen LogP contribution in [0.3, 0.4) is 0 Å². The van der Waals surface area contributed by atoms with Gasteiger partial charge in [-0.15, -0.1) is 0 Å². The largest absolute Gasteiger partial charge is 0.265 e. The summed E-state index contributed by atoms with van der Waals surface area (Å²) in [6.07, 6.45) is 6.72. The zero-order chi connectivity index (χ0) is 8.39. The summed E-state index contributed by atoms with van der Waals surface area (Å²) in [6.45, 7) is 2.07. The average molecular weight is 159 g/mol. The fourth-order valence-corrected chi connectivity index (χ4v) is 1.15. The first-order valence-electron chi connectivity index (χ1n) is 4.58. The van der Waals surface area contributed by atoms with E-state index < -0.39 is 0 Å². The van der Waals surface area contributed by atoms with Crippen molar-refractivity contribution in [1.82, 2.24) is 0 Å². The Bertz CT molecular complexity index is 295. The number of nitrogens with zero attached hydrogens (tertiary/aromatic N) is 1. The summed E-state index contributed by atoms with van der Waals surface area (Å²) in [4.78, 5) is 4.26. The molecule has 0 amide bonds. The summed E-state index contributed by atoms with van der Waals surface area (Å²) >= 11 is 0. The third-order valence-corrected chi connectivity index (χ3v) is 2.21. The second-order valence-corrected chi connectivity index (χ2v) is 3.56. The van der Waals surface area contributed by atoms with Crippen molar-refractivity contribution in [2.45, 2.75) is 32.6 Å². The van der Waals surface area contributed by atoms with Crippen LogP contribution in [-0.2, 0) is 0 Å². The van der Waals surface area contributed by atoms with E-state index in [0.29, 0.717) is 5.92 Å². The normalized spacial score (nSPS) is 22.1. The molecule has 1 fully saturated rings. The van der Waals surface area contributed by atoms with Crippen LogP contribution in [0.1, 0.15) is 32.6 Å². The van der Waals surface area contributed by atoms with E-state index in [1.54, 1.807) is 0 Å². The fraction of sp³-hybridized carbons (Fsp3) is 0.545. The molecule has 0 spiro atoms. The SMILES string of the molecule is CC1=NC=C(C#CC2CC2)CC1. The van der Waals surface area contributed by atoms with Crippen molar-refractivity contribution in [2.75, 3.05) is 0 Å². The van der Waals surface area contributed by atoms with Crippen molar-refractivity contribution in [3.63, 3.8) is 0 Å². The lowest BCUT2D eigenvalue weighted by molar-refractivity contribution is 1.01. The predicted octanol–water partition coefficient (Wildman–Crippen LogP) is 2.54. The van der Waals surface area contributed by atoms with Crippen molar-refractivity contribution in [2.24, 2.45) is 10.9 Å². The van der Waals surface area contributed by atoms with Crippen LogP contribution in [0, 0.1) is 17.8 Å². The predicted molar refractivity (Wildman–Crippen MR) is 50.9 cm³/mol. The Morgan fingerprint density at radius 1 is 1.42 bits per heavy atom. The van der Waals surface area contributed by atoms with Gasteiger partial charge in [0.25, 0.3) is 0 Å². The zero-order valence-corrected chi connectivity index (χ0v) is 7.43. The van der Waals surface area contributed by atoms with Gasteiger partial charge in [-0.1, -0.05) is 11.8 Å². The lowest BCUT2D eigenvalue weighted by atomic mass is 10.1. The van der Waals surface area contributed by atoms with E-state index in [2.05, 4.69) is 23.8 Å². The van der Waals surface area contributed by atoms with E-state index in [4.69, 9.17) is 0 Å². The summed E-state index contributed by atoms with van der Waals surface area (Å²) in [6, 6.07) is 0. The molecule has 0 saturated heterocycles. The lowest BCUT2D eigenvalue weighted by Crippen LogP contribution is -1.96. The first kappa shape index (κ1) is 7.61. The van der Waals surface area contributed by atoms with Gasteiger partial charge in [0.05, 0.1) is 0 Å². The summed E-state index contributed by atoms with van der Waals surface area (Å²) in [7, 11) is 0. The number of aliphatic imine (C=N–C) groups is 1. The molecule has 1 saturated carbocycles. The molecule has 0 unspecified atom stereocenters. The van der Waals surface area contributed by atoms with Gasteiger partial charge in [0, 0.05) is 23.4 Å². The Morgan fingerprint density at radius 3 is 2.83 bits per heavy atom. The second kappa shape index (κ2) is 3.15. The van der Waals surface area contributed by atoms with Gasteiger partial charge >= 0.3 is 0 Å². The number of hydrogen-bond acceptors (Lipinski definition) is 1. The minimum Gasteiger partial charge on any atom is -0.265 e. The number of hydrogen-bond donors (Lipinski definition) is 0. The van der Waals surface area contributed by atoms with Crippen molar-refractivity contribution in [3.8, 4) is 11.8 Å². The Kier molecular flexibility index (Phi) is 1.99. The van der Waals surface area contributed by atoms with Crippen molar-refractivity contribution < 1.29 is 0 Å². The van der Waals surface area contributed by atoms with Gasteiger partial charge in [-0.2, -0.15) is 0 Å². The molecule has 1 nitrogen and oxygen atoms in total. The third-order valence-electron chi connectivity index (χ3n) is 2.21. The van der Waals surface area contributed by atoms with E-state index in [1.807, 2.05) is 6.20 Å². The zero-order valence-electron chi connectivity index (χ0n) is 7.43. The second-order valence-electron chi connectivity index (χ2n) is 3.56. The molecule has 12 heavy (non-hydrogen) atoms. The highest BCUT2D eigenvalue weighted by Crippen LogP contribution is 2.27. The van der Waals surface area contributed by atoms with E-state index in [9.17, 15) is 0 Å². The minimum absolute atomic E-state index is 0.706. The molecule has 1 aliphatic carbocycles. The van der Waals surface area contributed by atoms with Crippen molar-refractivity contribution >= 4 is 5.71 Å². The molecule has 0 N–H and O–H groups in total. The van der Waals surface area contributed by atoms with Gasteiger partial charge < -0.3 is 0 Å². The van der Waals surface area contributed by atoms with Crippen LogP contribution < -0.4 is 0 Å². The van der Waals surface area contributed by atoms with Crippen LogP contribution in [0.25, 0.3) is 0 Å². The highest BCUT2D eigenvalue weighted by molar-refractivity contribution is 5.83. The van der Waals surface area contributed by atoms with Crippen LogP contribution in [0.15, 0.2) is 16.8 Å². The molecule has 2 rings (SSSR count). The summed E-state index contributed by atoms with van der Waals surface area (Å²) < 4.78 is 0. The van der Waals surface area contributed by atoms with E-state index in [-0.39, 0.29) is 0 Å². The topological polar surface area (TPSA) is 12.4 Å². The smallest absolute Gasteiger partial charge is 0.0382 e. The molecule has 0 atom stereocenters. The lowest BCUT2D eigenvalue weighted by Gasteiger charge is -2.04. The van der Waals surface area contributed by atoms with E-state index in [1.165, 1.54) is 24.1 Å². The average Bonchev–Trinajstić information content (AvgIpc) is 2.87. The van der Waals surface area contributed by atoms with Crippen LogP contribution in [0.5, 0.6) is 0 Å². The van der Waals surface area contributed by atoms with Gasteiger partial charge in [0.1, 0.15) is 0 Å². The molecule has 1 heteroatoms. The van der Waals surface area contributed by atoms with Gasteiger partial charge in [0.2, 0.25) is 0 Å². The Labute approximate surface area is 73.6 Å². The van der Waals surface area contributed by atoms with Crippen LogP contribution >= 0.6 is 0 Å². The number of allylic oxidation sites excluding steroid dienone is 1. The molecule has 0 radical (unpaired) electrons. The molecule has 2 aliphatic rings. The molecule has 0 aromatic rings. The molecular weight excluding hydrogens is 146 g/mol. The maximum Gasteiger partial charge on any atom is 0.0382 e. The first-order valence-corrected chi connectivity index (χ1v) is 4.58. The molecule has 62 valence electrons. The van der Waals surface area contributed by atoms with Crippen LogP contribution in [-0.4, -0.2) is 5.71 Å². The van der Waals surface area contributed by atoms with E-state index in [0.717, 1.165) is 12.8 Å². The Balaban J connectivity index is 2.01. The minimum atomic E-state index is 0.706. The van der Waals surface area contributed by atoms with Gasteiger partial charge in [-0.3, -0.25) is 4.99 Å². The highest BCUT2D eigenvalue weighted by atomic mass is 14.7. The molecule has 0 aromatic heterocycles. The molecular formula is C11H13N. The summed E-state index contributed by atoms with van der Waals surface area (Å²) in [5, 5.41) is 0. The standard InChI is InChI=1S/C11H13N/c1-9-2-3-11(8-12-9)7-6-10-4-5-10/h8,10H,2-5H2,1H3. The molecule has 1 heterocycles. The Morgan fingerprint density at radius 2 is 2.25 bits per heavy atom. The Hall–Kier alpha value is -1.03. The maximum atomic E-state index is 4.26. The molecule has 1 aliphatic heterocycles. The third kappa shape index (κ3) is 1.98. The van der Waals surface area contributed by atoms with Gasteiger partial charge in [-0.05, 0) is 32.6 Å². The van der Waals surface area contributed by atoms with Crippen molar-refractivity contribution in [1.29, 1.82) is 0 Å². The first-order chi connectivity index (χ1) is 5.84. The van der Waals surface area contributed by atoms with Crippen molar-refractivity contribution in [3.05, 3.63) is 11.8 Å². The number of rotatable bonds is 0. The quantitative estimate of drug-likeness (QED) is 0.482. The fourth-order valence-electron chi connectivity index (χ4n) is 1.15. The monoisotopic (exact) mass is 159 g/mol. The molecule has 0 bridgehead atoms.